The fraction of sp³-hybridized carbons (Fsp3) is 0.278. The lowest BCUT2D eigenvalue weighted by molar-refractivity contribution is -0.123. The number of hydrogen-bond donors (Lipinski definition) is 2. The first-order valence-corrected chi connectivity index (χ1v) is 10.4. The fourth-order valence-corrected chi connectivity index (χ4v) is 3.35. The van der Waals surface area contributed by atoms with Gasteiger partial charge in [0.15, 0.2) is 6.61 Å². The van der Waals surface area contributed by atoms with E-state index in [4.69, 9.17) is 27.9 Å². The van der Waals surface area contributed by atoms with Crippen LogP contribution in [0.15, 0.2) is 47.4 Å². The van der Waals surface area contributed by atoms with Crippen LogP contribution in [-0.4, -0.2) is 27.5 Å². The zero-order valence-electron chi connectivity index (χ0n) is 14.8. The highest BCUT2D eigenvalue weighted by Gasteiger charge is 2.15. The van der Waals surface area contributed by atoms with Crippen LogP contribution in [0.1, 0.15) is 13.8 Å². The largest absolute Gasteiger partial charge is 0.484 e. The van der Waals surface area contributed by atoms with E-state index < -0.39 is 10.0 Å². The van der Waals surface area contributed by atoms with Crippen LogP contribution in [-0.2, 0) is 14.8 Å². The van der Waals surface area contributed by atoms with Gasteiger partial charge in [-0.15, -0.1) is 0 Å². The van der Waals surface area contributed by atoms with Crippen LogP contribution in [0.2, 0.25) is 10.0 Å². The summed E-state index contributed by atoms with van der Waals surface area (Å²) in [5.41, 5.74) is 0.298. The van der Waals surface area contributed by atoms with Gasteiger partial charge in [-0.05, 0) is 48.4 Å². The van der Waals surface area contributed by atoms with Crippen molar-refractivity contribution in [3.05, 3.63) is 52.5 Å². The lowest BCUT2D eigenvalue weighted by Crippen LogP contribution is -2.31. The Bertz CT molecular complexity index is 900. The molecule has 0 aliphatic heterocycles. The molecule has 0 fully saturated rings. The normalized spacial score (nSPS) is 11.3. The Morgan fingerprint density at radius 1 is 1.07 bits per heavy atom. The van der Waals surface area contributed by atoms with Crippen LogP contribution in [0.5, 0.6) is 5.75 Å². The molecule has 0 aliphatic carbocycles. The summed E-state index contributed by atoms with van der Waals surface area (Å²) < 4.78 is 32.6. The molecule has 9 heteroatoms. The number of carbonyl (C=O) groups excluding carboxylic acids is 1. The minimum absolute atomic E-state index is 0.0465. The average Bonchev–Trinajstić information content (AvgIpc) is 2.61. The predicted octanol–water partition coefficient (Wildman–Crippen LogP) is 3.95. The van der Waals surface area contributed by atoms with E-state index in [2.05, 4.69) is 10.0 Å². The van der Waals surface area contributed by atoms with Crippen LogP contribution in [0.25, 0.3) is 0 Å². The summed E-state index contributed by atoms with van der Waals surface area (Å²) in [4.78, 5) is 11.7. The fourth-order valence-electron chi connectivity index (χ4n) is 2.01. The van der Waals surface area contributed by atoms with Crippen molar-refractivity contribution in [1.29, 1.82) is 0 Å². The van der Waals surface area contributed by atoms with Crippen molar-refractivity contribution in [2.75, 3.05) is 17.9 Å². The number of sulfonamides is 1. The molecule has 2 N–H and O–H groups in total. The molecular formula is C18H20Cl2N2O4S. The lowest BCUT2D eigenvalue weighted by atomic mass is 10.2. The zero-order valence-corrected chi connectivity index (χ0v) is 17.2. The third-order valence-corrected chi connectivity index (χ3v) is 5.52. The summed E-state index contributed by atoms with van der Waals surface area (Å²) in [6.45, 7) is 4.42. The molecule has 2 aromatic rings. The van der Waals surface area contributed by atoms with Gasteiger partial charge in [0.2, 0.25) is 0 Å². The van der Waals surface area contributed by atoms with Crippen molar-refractivity contribution < 1.29 is 17.9 Å². The second kappa shape index (κ2) is 9.30. The Labute approximate surface area is 168 Å². The quantitative estimate of drug-likeness (QED) is 0.663. The van der Waals surface area contributed by atoms with Crippen LogP contribution in [0.3, 0.4) is 0 Å². The Kier molecular flexibility index (Phi) is 7.35. The average molecular weight is 431 g/mol. The predicted molar refractivity (Wildman–Crippen MR) is 107 cm³/mol. The SMILES string of the molecule is CC(C)CNC(=O)COc1ccc(S(=O)(=O)Nc2ccc(Cl)c(Cl)c2)cc1. The Hall–Kier alpha value is -1.96. The first-order valence-electron chi connectivity index (χ1n) is 8.15. The van der Waals surface area contributed by atoms with Gasteiger partial charge in [0.1, 0.15) is 5.75 Å². The second-order valence-corrected chi connectivity index (χ2v) is 8.69. The molecule has 0 aliphatic rings. The summed E-state index contributed by atoms with van der Waals surface area (Å²) in [5.74, 6) is 0.506. The molecule has 0 atom stereocenters. The van der Waals surface area contributed by atoms with Crippen LogP contribution < -0.4 is 14.8 Å². The van der Waals surface area contributed by atoms with Gasteiger partial charge in [0.25, 0.3) is 15.9 Å². The Balaban J connectivity index is 1.98. The van der Waals surface area contributed by atoms with Crippen molar-refractivity contribution in [1.82, 2.24) is 5.32 Å². The smallest absolute Gasteiger partial charge is 0.261 e. The van der Waals surface area contributed by atoms with E-state index in [-0.39, 0.29) is 22.4 Å². The first-order chi connectivity index (χ1) is 12.7. The summed E-state index contributed by atoms with van der Waals surface area (Å²) in [5, 5.41) is 3.31. The molecule has 0 aromatic heterocycles. The monoisotopic (exact) mass is 430 g/mol. The van der Waals surface area contributed by atoms with E-state index in [0.29, 0.717) is 28.9 Å². The van der Waals surface area contributed by atoms with E-state index >= 15 is 0 Å². The minimum atomic E-state index is -3.80. The van der Waals surface area contributed by atoms with Gasteiger partial charge < -0.3 is 10.1 Å². The number of benzene rings is 2. The number of halogens is 2. The van der Waals surface area contributed by atoms with Gasteiger partial charge in [0.05, 0.1) is 20.6 Å². The van der Waals surface area contributed by atoms with Gasteiger partial charge in [-0.25, -0.2) is 8.42 Å². The standard InChI is InChI=1S/C18H20Cl2N2O4S/c1-12(2)10-21-18(23)11-26-14-4-6-15(7-5-14)27(24,25)22-13-3-8-16(19)17(20)9-13/h3-9,12,22H,10-11H2,1-2H3,(H,21,23). The molecule has 146 valence electrons. The van der Waals surface area contributed by atoms with Gasteiger partial charge in [-0.1, -0.05) is 37.0 Å². The number of ether oxygens (including phenoxy) is 1. The van der Waals surface area contributed by atoms with Crippen molar-refractivity contribution in [3.63, 3.8) is 0 Å². The van der Waals surface area contributed by atoms with E-state index in [1.54, 1.807) is 0 Å². The maximum atomic E-state index is 12.4. The van der Waals surface area contributed by atoms with Gasteiger partial charge in [-0.3, -0.25) is 9.52 Å². The van der Waals surface area contributed by atoms with Crippen molar-refractivity contribution in [2.24, 2.45) is 5.92 Å². The minimum Gasteiger partial charge on any atom is -0.484 e. The summed E-state index contributed by atoms with van der Waals surface area (Å²) in [6, 6.07) is 10.2. The van der Waals surface area contributed by atoms with E-state index in [1.807, 2.05) is 13.8 Å². The second-order valence-electron chi connectivity index (χ2n) is 6.19. The Morgan fingerprint density at radius 2 is 1.74 bits per heavy atom. The highest BCUT2D eigenvalue weighted by Crippen LogP contribution is 2.26. The Morgan fingerprint density at radius 3 is 2.33 bits per heavy atom. The maximum Gasteiger partial charge on any atom is 0.261 e. The summed E-state index contributed by atoms with van der Waals surface area (Å²) in [6.07, 6.45) is 0. The number of amides is 1. The third-order valence-electron chi connectivity index (χ3n) is 3.38. The first kappa shape index (κ1) is 21.3. The van der Waals surface area contributed by atoms with E-state index in [1.165, 1.54) is 42.5 Å². The summed E-state index contributed by atoms with van der Waals surface area (Å²) in [7, 11) is -3.80. The molecule has 0 unspecified atom stereocenters. The molecule has 0 radical (unpaired) electrons. The molecule has 0 spiro atoms. The van der Waals surface area contributed by atoms with Crippen molar-refractivity contribution in [3.8, 4) is 5.75 Å². The number of nitrogens with one attached hydrogen (secondary N) is 2. The van der Waals surface area contributed by atoms with Crippen LogP contribution >= 0.6 is 23.2 Å². The topological polar surface area (TPSA) is 84.5 Å². The molecule has 2 aromatic carbocycles. The highest BCUT2D eigenvalue weighted by molar-refractivity contribution is 7.92. The molecule has 2 rings (SSSR count). The van der Waals surface area contributed by atoms with E-state index in [0.717, 1.165) is 0 Å². The zero-order chi connectivity index (χ0) is 20.0. The molecule has 0 saturated heterocycles. The number of rotatable bonds is 8. The number of carbonyl (C=O) groups is 1. The van der Waals surface area contributed by atoms with Crippen LogP contribution in [0, 0.1) is 5.92 Å². The molecule has 0 saturated carbocycles. The molecule has 0 bridgehead atoms. The molecule has 27 heavy (non-hydrogen) atoms. The van der Waals surface area contributed by atoms with E-state index in [9.17, 15) is 13.2 Å². The maximum absolute atomic E-state index is 12.4. The highest BCUT2D eigenvalue weighted by atomic mass is 35.5. The lowest BCUT2D eigenvalue weighted by Gasteiger charge is -2.11. The third kappa shape index (κ3) is 6.61. The number of anilines is 1. The summed E-state index contributed by atoms with van der Waals surface area (Å²) >= 11 is 11.7. The molecule has 0 heterocycles. The van der Waals surface area contributed by atoms with Gasteiger partial charge in [-0.2, -0.15) is 0 Å². The molecule has 6 nitrogen and oxygen atoms in total. The van der Waals surface area contributed by atoms with Crippen molar-refractivity contribution in [2.45, 2.75) is 18.7 Å². The van der Waals surface area contributed by atoms with Gasteiger partial charge >= 0.3 is 0 Å². The van der Waals surface area contributed by atoms with Crippen molar-refractivity contribution >= 4 is 44.8 Å². The number of hydrogen-bond acceptors (Lipinski definition) is 4. The molecular weight excluding hydrogens is 411 g/mol. The van der Waals surface area contributed by atoms with Crippen LogP contribution in [0.4, 0.5) is 5.69 Å². The molecule has 1 amide bonds. The van der Waals surface area contributed by atoms with Gasteiger partial charge in [0, 0.05) is 6.54 Å².